The number of thioether (sulfide) groups is 1. The number of rotatable bonds is 7. The summed E-state index contributed by atoms with van der Waals surface area (Å²) in [6, 6.07) is 0.572. The average Bonchev–Trinajstić information content (AvgIpc) is 2.99. The zero-order valence-corrected chi connectivity index (χ0v) is 21.4. The van der Waals surface area contributed by atoms with Gasteiger partial charge < -0.3 is 19.9 Å². The van der Waals surface area contributed by atoms with E-state index in [1.165, 1.54) is 0 Å². The lowest BCUT2D eigenvalue weighted by Crippen LogP contribution is -2.64. The van der Waals surface area contributed by atoms with Crippen LogP contribution >= 0.6 is 23.4 Å². The van der Waals surface area contributed by atoms with Crippen molar-refractivity contribution in [3.63, 3.8) is 0 Å². The molecule has 200 valence electrons. The molecule has 3 N–H and O–H groups in total. The number of fused-ring (bicyclic) bond motifs is 3. The van der Waals surface area contributed by atoms with Gasteiger partial charge in [-0.05, 0) is 19.4 Å². The van der Waals surface area contributed by atoms with Crippen LogP contribution in [0.2, 0.25) is 5.02 Å². The first kappa shape index (κ1) is 27.2. The third-order valence-electron chi connectivity index (χ3n) is 6.51. The molecule has 4 atom stereocenters. The Morgan fingerprint density at radius 2 is 2.22 bits per heavy atom. The second-order valence-electron chi connectivity index (χ2n) is 9.19. The molecule has 3 aliphatic heterocycles. The van der Waals surface area contributed by atoms with Crippen LogP contribution in [0.1, 0.15) is 19.8 Å². The SMILES string of the molecule is C[C@@H](COCCC(=O)N1CCN2c3ncc(Cl)cc3SCC[C@H]2C1)NC1CNNC(=O)C1C(F)(F)F. The summed E-state index contributed by atoms with van der Waals surface area (Å²) in [7, 11) is 0. The molecule has 3 aliphatic rings. The molecule has 2 fully saturated rings. The summed E-state index contributed by atoms with van der Waals surface area (Å²) < 4.78 is 45.4. The van der Waals surface area contributed by atoms with Crippen LogP contribution in [0.5, 0.6) is 0 Å². The van der Waals surface area contributed by atoms with E-state index in [-0.39, 0.29) is 38.1 Å². The molecule has 4 heterocycles. The Morgan fingerprint density at radius 3 is 3.00 bits per heavy atom. The molecule has 4 rings (SSSR count). The van der Waals surface area contributed by atoms with E-state index in [2.05, 4.69) is 20.6 Å². The highest BCUT2D eigenvalue weighted by Crippen LogP contribution is 2.37. The Hall–Kier alpha value is -1.80. The van der Waals surface area contributed by atoms with Gasteiger partial charge in [-0.25, -0.2) is 10.4 Å². The van der Waals surface area contributed by atoms with E-state index in [1.54, 1.807) is 24.9 Å². The number of hydrogen-bond acceptors (Lipinski definition) is 8. The highest BCUT2D eigenvalue weighted by Gasteiger charge is 2.51. The molecule has 2 amide bonds. The number of ether oxygens (including phenoxy) is 1. The van der Waals surface area contributed by atoms with E-state index in [1.807, 2.05) is 16.4 Å². The number of carbonyl (C=O) groups excluding carboxylic acids is 2. The first-order valence-electron chi connectivity index (χ1n) is 11.9. The predicted octanol–water partition coefficient (Wildman–Crippen LogP) is 1.81. The van der Waals surface area contributed by atoms with E-state index in [9.17, 15) is 22.8 Å². The highest BCUT2D eigenvalue weighted by molar-refractivity contribution is 7.99. The minimum atomic E-state index is -4.65. The number of amides is 2. The standard InChI is InChI=1S/C22H30ClF3N6O3S/c1-13(29-16-10-28-30-21(34)19(16)22(24,25)26)12-35-6-2-18(33)31-4-5-32-15(11-31)3-7-36-17-8-14(23)9-27-20(17)32/h8-9,13,15-16,19,28-29H,2-7,10-12H2,1H3,(H,30,34)/t13-,15-,16?,19?/m0/s1. The zero-order valence-electron chi connectivity index (χ0n) is 19.8. The molecule has 2 saturated heterocycles. The molecule has 0 aromatic carbocycles. The molecule has 2 unspecified atom stereocenters. The lowest BCUT2D eigenvalue weighted by molar-refractivity contribution is -0.193. The molecule has 14 heteroatoms. The Morgan fingerprint density at radius 1 is 1.42 bits per heavy atom. The minimum Gasteiger partial charge on any atom is -0.379 e. The lowest BCUT2D eigenvalue weighted by atomic mass is 9.96. The molecule has 36 heavy (non-hydrogen) atoms. The Bertz CT molecular complexity index is 958. The van der Waals surface area contributed by atoms with Crippen LogP contribution in [0.15, 0.2) is 17.2 Å². The normalized spacial score (nSPS) is 25.5. The molecule has 0 saturated carbocycles. The summed E-state index contributed by atoms with van der Waals surface area (Å²) in [6.45, 7) is 3.79. The molecule has 1 aromatic rings. The van der Waals surface area contributed by atoms with Gasteiger partial charge in [0, 0.05) is 56.3 Å². The number of hydrogen-bond donors (Lipinski definition) is 3. The predicted molar refractivity (Wildman–Crippen MR) is 130 cm³/mol. The number of alkyl halides is 3. The van der Waals surface area contributed by atoms with Crippen molar-refractivity contribution in [2.75, 3.05) is 50.0 Å². The van der Waals surface area contributed by atoms with Crippen molar-refractivity contribution in [3.8, 4) is 0 Å². The van der Waals surface area contributed by atoms with E-state index in [0.29, 0.717) is 24.7 Å². The van der Waals surface area contributed by atoms with Crippen LogP contribution in [-0.2, 0) is 14.3 Å². The zero-order chi connectivity index (χ0) is 25.9. The Labute approximate surface area is 216 Å². The van der Waals surface area contributed by atoms with Gasteiger partial charge >= 0.3 is 6.18 Å². The number of anilines is 1. The van der Waals surface area contributed by atoms with Gasteiger partial charge in [-0.15, -0.1) is 11.8 Å². The summed E-state index contributed by atoms with van der Waals surface area (Å²) in [6.07, 6.45) is -1.88. The maximum absolute atomic E-state index is 13.3. The van der Waals surface area contributed by atoms with Gasteiger partial charge in [-0.3, -0.25) is 15.0 Å². The molecule has 0 spiro atoms. The summed E-state index contributed by atoms with van der Waals surface area (Å²) in [4.78, 5) is 34.2. The van der Waals surface area contributed by atoms with E-state index >= 15 is 0 Å². The van der Waals surface area contributed by atoms with Crippen molar-refractivity contribution in [3.05, 3.63) is 17.3 Å². The maximum atomic E-state index is 13.3. The summed E-state index contributed by atoms with van der Waals surface area (Å²) >= 11 is 7.83. The molecular formula is C22H30ClF3N6O3S. The van der Waals surface area contributed by atoms with Gasteiger partial charge in [0.15, 0.2) is 5.92 Å². The maximum Gasteiger partial charge on any atom is 0.402 e. The third kappa shape index (κ3) is 6.55. The van der Waals surface area contributed by atoms with Crippen LogP contribution in [0, 0.1) is 5.92 Å². The quantitative estimate of drug-likeness (QED) is 0.442. The minimum absolute atomic E-state index is 0.0123. The number of hydrazine groups is 1. The number of aromatic nitrogens is 1. The number of carbonyl (C=O) groups is 2. The van der Waals surface area contributed by atoms with Crippen LogP contribution in [0.25, 0.3) is 0 Å². The Kier molecular flexibility index (Phi) is 8.87. The fourth-order valence-electron chi connectivity index (χ4n) is 4.80. The van der Waals surface area contributed by atoms with Gasteiger partial charge in [-0.1, -0.05) is 11.6 Å². The van der Waals surface area contributed by atoms with Crippen molar-refractivity contribution in [2.24, 2.45) is 5.92 Å². The lowest BCUT2D eigenvalue weighted by Gasteiger charge is -2.41. The average molecular weight is 551 g/mol. The number of piperazine rings is 1. The summed E-state index contributed by atoms with van der Waals surface area (Å²) in [5.74, 6) is -1.42. The number of halogens is 4. The molecule has 0 radical (unpaired) electrons. The second kappa shape index (κ2) is 11.7. The number of pyridine rings is 1. The van der Waals surface area contributed by atoms with Gasteiger partial charge in [0.2, 0.25) is 11.8 Å². The topological polar surface area (TPSA) is 98.8 Å². The first-order chi connectivity index (χ1) is 17.1. The molecule has 0 aliphatic carbocycles. The summed E-state index contributed by atoms with van der Waals surface area (Å²) in [5.41, 5.74) is 4.51. The number of nitrogens with one attached hydrogen (secondary N) is 3. The van der Waals surface area contributed by atoms with Crippen LogP contribution in [0.4, 0.5) is 19.0 Å². The Balaban J connectivity index is 1.21. The third-order valence-corrected chi connectivity index (χ3v) is 7.77. The highest BCUT2D eigenvalue weighted by atomic mass is 35.5. The summed E-state index contributed by atoms with van der Waals surface area (Å²) in [5, 5.41) is 3.43. The van der Waals surface area contributed by atoms with E-state index in [4.69, 9.17) is 16.3 Å². The molecular weight excluding hydrogens is 521 g/mol. The fourth-order valence-corrected chi connectivity index (χ4v) is 6.14. The smallest absolute Gasteiger partial charge is 0.379 e. The van der Waals surface area contributed by atoms with E-state index in [0.717, 1.165) is 22.9 Å². The fraction of sp³-hybridized carbons (Fsp3) is 0.682. The van der Waals surface area contributed by atoms with Gasteiger partial charge in [0.05, 0.1) is 29.6 Å². The van der Waals surface area contributed by atoms with E-state index < -0.39 is 30.1 Å². The van der Waals surface area contributed by atoms with Gasteiger partial charge in [0.25, 0.3) is 0 Å². The van der Waals surface area contributed by atoms with Crippen molar-refractivity contribution in [2.45, 2.75) is 49.0 Å². The van der Waals surface area contributed by atoms with Gasteiger partial charge in [-0.2, -0.15) is 13.2 Å². The second-order valence-corrected chi connectivity index (χ2v) is 10.8. The molecule has 0 bridgehead atoms. The van der Waals surface area contributed by atoms with Crippen LogP contribution < -0.4 is 21.1 Å². The van der Waals surface area contributed by atoms with Crippen molar-refractivity contribution < 1.29 is 27.5 Å². The largest absolute Gasteiger partial charge is 0.402 e. The van der Waals surface area contributed by atoms with Crippen molar-refractivity contribution in [1.82, 2.24) is 26.1 Å². The molecule has 9 nitrogen and oxygen atoms in total. The first-order valence-corrected chi connectivity index (χ1v) is 13.3. The van der Waals surface area contributed by atoms with Crippen LogP contribution in [0.3, 0.4) is 0 Å². The molecule has 1 aromatic heterocycles. The van der Waals surface area contributed by atoms with Crippen molar-refractivity contribution >= 4 is 41.0 Å². The number of nitrogens with zero attached hydrogens (tertiary/aromatic N) is 3. The van der Waals surface area contributed by atoms with Crippen LogP contribution in [-0.4, -0.2) is 91.1 Å². The monoisotopic (exact) mass is 550 g/mol. The van der Waals surface area contributed by atoms with Gasteiger partial charge in [0.1, 0.15) is 5.82 Å². The van der Waals surface area contributed by atoms with Crippen molar-refractivity contribution in [1.29, 1.82) is 0 Å².